The first-order chi connectivity index (χ1) is 15.5. The van der Waals surface area contributed by atoms with Gasteiger partial charge in [0.25, 0.3) is 0 Å². The SMILES string of the molecule is C[C@]12Cc3cnn(-c4ccc(F)cc4)c3C=C1CC[C@@H]2[C@@H](O)c1cccc2ccccc12. The Morgan fingerprint density at radius 2 is 1.84 bits per heavy atom. The summed E-state index contributed by atoms with van der Waals surface area (Å²) in [6.07, 6.45) is 6.44. The van der Waals surface area contributed by atoms with Crippen molar-refractivity contribution in [1.29, 1.82) is 0 Å². The van der Waals surface area contributed by atoms with E-state index in [0.717, 1.165) is 47.0 Å². The molecule has 0 radical (unpaired) electrons. The highest BCUT2D eigenvalue weighted by Gasteiger charge is 2.48. The number of rotatable bonds is 3. The molecule has 0 saturated heterocycles. The molecule has 0 amide bonds. The third kappa shape index (κ3) is 2.86. The molecule has 1 heterocycles. The Bertz CT molecular complexity index is 1350. The van der Waals surface area contributed by atoms with Crippen LogP contribution in [0.15, 0.2) is 78.5 Å². The van der Waals surface area contributed by atoms with Gasteiger partial charge in [-0.15, -0.1) is 0 Å². The molecule has 1 saturated carbocycles. The molecule has 0 spiro atoms. The van der Waals surface area contributed by atoms with Gasteiger partial charge >= 0.3 is 0 Å². The van der Waals surface area contributed by atoms with Gasteiger partial charge in [0.15, 0.2) is 0 Å². The molecule has 3 aromatic carbocycles. The van der Waals surface area contributed by atoms with E-state index in [0.29, 0.717) is 0 Å². The molecule has 1 N–H and O–H groups in total. The summed E-state index contributed by atoms with van der Waals surface area (Å²) in [5.74, 6) is -0.108. The van der Waals surface area contributed by atoms with Crippen molar-refractivity contribution >= 4 is 16.8 Å². The van der Waals surface area contributed by atoms with Crippen LogP contribution in [-0.4, -0.2) is 14.9 Å². The molecule has 0 bridgehead atoms. The van der Waals surface area contributed by atoms with Crippen LogP contribution in [0.5, 0.6) is 0 Å². The number of allylic oxidation sites excluding steroid dienone is 1. The number of aliphatic hydroxyl groups is 1. The zero-order chi connectivity index (χ0) is 21.9. The summed E-state index contributed by atoms with van der Waals surface area (Å²) in [5, 5.41) is 18.5. The number of hydrogen-bond acceptors (Lipinski definition) is 2. The van der Waals surface area contributed by atoms with Crippen molar-refractivity contribution in [2.24, 2.45) is 11.3 Å². The molecule has 6 rings (SSSR count). The first-order valence-electron chi connectivity index (χ1n) is 11.2. The second-order valence-electron chi connectivity index (χ2n) is 9.37. The van der Waals surface area contributed by atoms with Crippen molar-refractivity contribution < 1.29 is 9.50 Å². The Balaban J connectivity index is 1.38. The predicted octanol–water partition coefficient (Wildman–Crippen LogP) is 6.25. The lowest BCUT2D eigenvalue weighted by Gasteiger charge is -2.38. The van der Waals surface area contributed by atoms with Crippen LogP contribution >= 0.6 is 0 Å². The minimum atomic E-state index is -0.523. The third-order valence-corrected chi connectivity index (χ3v) is 7.63. The van der Waals surface area contributed by atoms with Crippen molar-refractivity contribution in [2.75, 3.05) is 0 Å². The van der Waals surface area contributed by atoms with E-state index in [1.165, 1.54) is 23.3 Å². The minimum Gasteiger partial charge on any atom is -0.388 e. The summed E-state index contributed by atoms with van der Waals surface area (Å²) in [5.41, 5.74) is 5.39. The van der Waals surface area contributed by atoms with E-state index in [1.54, 1.807) is 12.1 Å². The monoisotopic (exact) mass is 424 g/mol. The van der Waals surface area contributed by atoms with E-state index in [4.69, 9.17) is 0 Å². The van der Waals surface area contributed by atoms with Gasteiger partial charge in [-0.2, -0.15) is 5.10 Å². The molecule has 0 aliphatic heterocycles. The molecule has 32 heavy (non-hydrogen) atoms. The molecule has 3 nitrogen and oxygen atoms in total. The van der Waals surface area contributed by atoms with E-state index in [9.17, 15) is 9.50 Å². The summed E-state index contributed by atoms with van der Waals surface area (Å²) < 4.78 is 15.3. The highest BCUT2D eigenvalue weighted by molar-refractivity contribution is 5.86. The van der Waals surface area contributed by atoms with Gasteiger partial charge in [0.05, 0.1) is 23.7 Å². The number of halogens is 1. The summed E-state index contributed by atoms with van der Waals surface area (Å²) in [6.45, 7) is 2.29. The molecular weight excluding hydrogens is 399 g/mol. The van der Waals surface area contributed by atoms with Gasteiger partial charge < -0.3 is 5.11 Å². The fourth-order valence-electron chi connectivity index (χ4n) is 5.90. The second kappa shape index (κ2) is 7.14. The highest BCUT2D eigenvalue weighted by Crippen LogP contribution is 2.57. The number of hydrogen-bond donors (Lipinski definition) is 1. The van der Waals surface area contributed by atoms with Gasteiger partial charge in [0.1, 0.15) is 5.82 Å². The molecule has 3 atom stereocenters. The maximum Gasteiger partial charge on any atom is 0.123 e. The van der Waals surface area contributed by atoms with Crippen LogP contribution in [0, 0.1) is 17.2 Å². The summed E-state index contributed by atoms with van der Waals surface area (Å²) >= 11 is 0. The summed E-state index contributed by atoms with van der Waals surface area (Å²) in [7, 11) is 0. The molecule has 4 aromatic rings. The molecule has 2 aliphatic carbocycles. The zero-order valence-electron chi connectivity index (χ0n) is 18.0. The van der Waals surface area contributed by atoms with Crippen LogP contribution in [0.1, 0.15) is 42.7 Å². The van der Waals surface area contributed by atoms with E-state index in [2.05, 4.69) is 42.4 Å². The first kappa shape index (κ1) is 19.4. The Labute approximate surface area is 186 Å². The van der Waals surface area contributed by atoms with E-state index in [1.807, 2.05) is 29.1 Å². The lowest BCUT2D eigenvalue weighted by Crippen LogP contribution is -2.32. The van der Waals surface area contributed by atoms with Crippen LogP contribution in [0.3, 0.4) is 0 Å². The average Bonchev–Trinajstić information content (AvgIpc) is 3.36. The van der Waals surface area contributed by atoms with Gasteiger partial charge in [-0.3, -0.25) is 0 Å². The van der Waals surface area contributed by atoms with Crippen LogP contribution in [0.2, 0.25) is 0 Å². The highest BCUT2D eigenvalue weighted by atomic mass is 19.1. The van der Waals surface area contributed by atoms with Crippen LogP contribution in [0.25, 0.3) is 22.5 Å². The number of aliphatic hydroxyl groups excluding tert-OH is 1. The number of nitrogens with zero attached hydrogens (tertiary/aromatic N) is 2. The average molecular weight is 425 g/mol. The van der Waals surface area contributed by atoms with E-state index < -0.39 is 6.10 Å². The maximum atomic E-state index is 13.4. The Kier molecular flexibility index (Phi) is 4.34. The van der Waals surface area contributed by atoms with Crippen LogP contribution in [0.4, 0.5) is 4.39 Å². The third-order valence-electron chi connectivity index (χ3n) is 7.63. The number of benzene rings is 3. The van der Waals surface area contributed by atoms with Crippen LogP contribution in [-0.2, 0) is 6.42 Å². The normalized spacial score (nSPS) is 23.0. The van der Waals surface area contributed by atoms with Gasteiger partial charge in [0, 0.05) is 0 Å². The molecule has 1 aromatic heterocycles. The number of fused-ring (bicyclic) bond motifs is 3. The molecular formula is C28H25FN2O. The second-order valence-corrected chi connectivity index (χ2v) is 9.37. The van der Waals surface area contributed by atoms with Gasteiger partial charge in [-0.1, -0.05) is 55.0 Å². The quantitative estimate of drug-likeness (QED) is 0.422. The molecule has 4 heteroatoms. The molecule has 1 fully saturated rings. The largest absolute Gasteiger partial charge is 0.388 e. The van der Waals surface area contributed by atoms with Gasteiger partial charge in [-0.25, -0.2) is 9.07 Å². The van der Waals surface area contributed by atoms with Crippen molar-refractivity contribution in [2.45, 2.75) is 32.3 Å². The lowest BCUT2D eigenvalue weighted by molar-refractivity contribution is 0.0567. The van der Waals surface area contributed by atoms with Gasteiger partial charge in [0.2, 0.25) is 0 Å². The van der Waals surface area contributed by atoms with Crippen molar-refractivity contribution in [1.82, 2.24) is 9.78 Å². The summed E-state index contributed by atoms with van der Waals surface area (Å²) in [4.78, 5) is 0. The maximum absolute atomic E-state index is 13.4. The Morgan fingerprint density at radius 1 is 1.06 bits per heavy atom. The van der Waals surface area contributed by atoms with Crippen molar-refractivity contribution in [3.63, 3.8) is 0 Å². The first-order valence-corrected chi connectivity index (χ1v) is 11.2. The standard InChI is InChI=1S/C28H25FN2O/c1-28-16-19-17-30-31(22-12-10-21(29)11-13-22)26(19)15-20(28)9-14-25(28)27(32)24-8-4-6-18-5-2-3-7-23(18)24/h2-8,10-13,15,17,25,27,32H,9,14,16H2,1H3/t25-,27+,28+/m1/s1. The topological polar surface area (TPSA) is 38.0 Å². The van der Waals surface area contributed by atoms with E-state index >= 15 is 0 Å². The predicted molar refractivity (Wildman–Crippen MR) is 125 cm³/mol. The van der Waals surface area contributed by atoms with E-state index in [-0.39, 0.29) is 17.2 Å². The molecule has 0 unspecified atom stereocenters. The fraction of sp³-hybridized carbons (Fsp3) is 0.250. The molecule has 160 valence electrons. The fourth-order valence-corrected chi connectivity index (χ4v) is 5.90. The van der Waals surface area contributed by atoms with Crippen molar-refractivity contribution in [3.8, 4) is 5.69 Å². The smallest absolute Gasteiger partial charge is 0.123 e. The van der Waals surface area contributed by atoms with Gasteiger partial charge in [-0.05, 0) is 82.8 Å². The lowest BCUT2D eigenvalue weighted by atomic mass is 9.67. The minimum absolute atomic E-state index is 0.111. The summed E-state index contributed by atoms with van der Waals surface area (Å²) in [6, 6.07) is 21.0. The molecule has 2 aliphatic rings. The Morgan fingerprint density at radius 3 is 2.69 bits per heavy atom. The Hall–Kier alpha value is -3.24. The van der Waals surface area contributed by atoms with Crippen molar-refractivity contribution in [3.05, 3.63) is 101 Å². The van der Waals surface area contributed by atoms with Crippen LogP contribution < -0.4 is 0 Å². The number of aromatic nitrogens is 2. The zero-order valence-corrected chi connectivity index (χ0v) is 18.0.